The Kier molecular flexibility index (Phi) is 4.70. The van der Waals surface area contributed by atoms with Crippen LogP contribution in [0.5, 0.6) is 0 Å². The third-order valence-corrected chi connectivity index (χ3v) is 4.06. The molecule has 2 N–H and O–H groups in total. The third-order valence-electron chi connectivity index (χ3n) is 4.06. The Bertz CT molecular complexity index is 470. The van der Waals surface area contributed by atoms with Crippen LogP contribution in [0.15, 0.2) is 12.1 Å². The van der Waals surface area contributed by atoms with Gasteiger partial charge < -0.3 is 10.4 Å². The molecule has 1 aromatic rings. The Labute approximate surface area is 117 Å². The first kappa shape index (κ1) is 15.3. The molecule has 0 saturated heterocycles. The molecule has 0 heterocycles. The van der Waals surface area contributed by atoms with Gasteiger partial charge in [0.25, 0.3) is 0 Å². The molecular formula is C15H20F3NO. The average Bonchev–Trinajstić information content (AvgIpc) is 2.39. The van der Waals surface area contributed by atoms with Crippen LogP contribution < -0.4 is 5.32 Å². The van der Waals surface area contributed by atoms with Gasteiger partial charge in [-0.15, -0.1) is 0 Å². The second kappa shape index (κ2) is 6.14. The number of rotatable bonds is 4. The molecule has 0 unspecified atom stereocenters. The lowest BCUT2D eigenvalue weighted by molar-refractivity contribution is -0.00635. The van der Waals surface area contributed by atoms with Crippen molar-refractivity contribution in [1.29, 1.82) is 0 Å². The van der Waals surface area contributed by atoms with E-state index in [1.54, 1.807) is 0 Å². The largest absolute Gasteiger partial charge is 0.389 e. The Morgan fingerprint density at radius 3 is 2.40 bits per heavy atom. The van der Waals surface area contributed by atoms with Crippen molar-refractivity contribution in [2.45, 2.75) is 44.8 Å². The maximum atomic E-state index is 13.4. The molecular weight excluding hydrogens is 267 g/mol. The summed E-state index contributed by atoms with van der Waals surface area (Å²) in [6, 6.07) is 1.40. The molecule has 1 saturated carbocycles. The summed E-state index contributed by atoms with van der Waals surface area (Å²) in [4.78, 5) is 0. The highest BCUT2D eigenvalue weighted by Crippen LogP contribution is 2.31. The van der Waals surface area contributed by atoms with Crippen molar-refractivity contribution in [3.63, 3.8) is 0 Å². The van der Waals surface area contributed by atoms with Crippen molar-refractivity contribution in [3.8, 4) is 0 Å². The third kappa shape index (κ3) is 3.73. The first-order valence-corrected chi connectivity index (χ1v) is 6.96. The minimum absolute atomic E-state index is 0.0664. The molecule has 20 heavy (non-hydrogen) atoms. The molecule has 1 aliphatic carbocycles. The fourth-order valence-corrected chi connectivity index (χ4v) is 2.61. The van der Waals surface area contributed by atoms with E-state index in [2.05, 4.69) is 12.2 Å². The Morgan fingerprint density at radius 2 is 1.75 bits per heavy atom. The number of benzene rings is 1. The van der Waals surface area contributed by atoms with Crippen molar-refractivity contribution < 1.29 is 18.3 Å². The lowest BCUT2D eigenvalue weighted by atomic mass is 9.79. The fourth-order valence-electron chi connectivity index (χ4n) is 2.61. The van der Waals surface area contributed by atoms with Gasteiger partial charge in [-0.05, 0) is 37.7 Å². The SMILES string of the molecule is CC1CCC(O)(CNCc2cc(F)c(F)cc2F)CC1. The normalized spacial score (nSPS) is 26.8. The second-order valence-corrected chi connectivity index (χ2v) is 5.87. The van der Waals surface area contributed by atoms with Crippen LogP contribution in [0.1, 0.15) is 38.2 Å². The molecule has 0 aromatic heterocycles. The predicted octanol–water partition coefficient (Wildman–Crippen LogP) is 3.13. The summed E-state index contributed by atoms with van der Waals surface area (Å²) in [5, 5.41) is 13.3. The van der Waals surface area contributed by atoms with Crippen LogP contribution >= 0.6 is 0 Å². The molecule has 1 fully saturated rings. The topological polar surface area (TPSA) is 32.3 Å². The summed E-state index contributed by atoms with van der Waals surface area (Å²) in [7, 11) is 0. The fraction of sp³-hybridized carbons (Fsp3) is 0.600. The van der Waals surface area contributed by atoms with Crippen LogP contribution in [0.25, 0.3) is 0 Å². The van der Waals surface area contributed by atoms with Crippen molar-refractivity contribution in [1.82, 2.24) is 5.32 Å². The molecule has 0 amide bonds. The summed E-state index contributed by atoms with van der Waals surface area (Å²) in [6.45, 7) is 2.56. The zero-order valence-electron chi connectivity index (χ0n) is 11.6. The predicted molar refractivity (Wildman–Crippen MR) is 70.6 cm³/mol. The number of hydrogen-bond donors (Lipinski definition) is 2. The number of aliphatic hydroxyl groups is 1. The number of halogens is 3. The summed E-state index contributed by atoms with van der Waals surface area (Å²) in [6.07, 6.45) is 3.36. The molecule has 0 bridgehead atoms. The summed E-state index contributed by atoms with van der Waals surface area (Å²) in [5.41, 5.74) is -0.710. The summed E-state index contributed by atoms with van der Waals surface area (Å²) < 4.78 is 39.3. The molecule has 2 rings (SSSR count). The minimum atomic E-state index is -1.19. The van der Waals surface area contributed by atoms with Crippen LogP contribution in [-0.2, 0) is 6.54 Å². The smallest absolute Gasteiger partial charge is 0.161 e. The van der Waals surface area contributed by atoms with Gasteiger partial charge in [-0.2, -0.15) is 0 Å². The van der Waals surface area contributed by atoms with E-state index in [4.69, 9.17) is 0 Å². The summed E-state index contributed by atoms with van der Waals surface area (Å²) in [5.74, 6) is -2.40. The molecule has 1 aliphatic rings. The van der Waals surface area contributed by atoms with Gasteiger partial charge in [0, 0.05) is 24.7 Å². The van der Waals surface area contributed by atoms with Crippen LogP contribution in [0.4, 0.5) is 13.2 Å². The standard InChI is InChI=1S/C15H20F3NO/c1-10-2-4-15(20,5-3-10)9-19-8-11-6-13(17)14(18)7-12(11)16/h6-7,10,19-20H,2-5,8-9H2,1H3. The van der Waals surface area contributed by atoms with Crippen molar-refractivity contribution in [2.75, 3.05) is 6.54 Å². The molecule has 0 radical (unpaired) electrons. The van der Waals surface area contributed by atoms with Gasteiger partial charge in [-0.1, -0.05) is 6.92 Å². The van der Waals surface area contributed by atoms with Crippen molar-refractivity contribution in [3.05, 3.63) is 35.1 Å². The lowest BCUT2D eigenvalue weighted by Crippen LogP contribution is -2.43. The molecule has 112 valence electrons. The van der Waals surface area contributed by atoms with Gasteiger partial charge in [0.2, 0.25) is 0 Å². The lowest BCUT2D eigenvalue weighted by Gasteiger charge is -2.35. The monoisotopic (exact) mass is 287 g/mol. The molecule has 2 nitrogen and oxygen atoms in total. The highest BCUT2D eigenvalue weighted by molar-refractivity contribution is 5.20. The van der Waals surface area contributed by atoms with E-state index in [0.29, 0.717) is 31.4 Å². The van der Waals surface area contributed by atoms with Crippen molar-refractivity contribution >= 4 is 0 Å². The minimum Gasteiger partial charge on any atom is -0.389 e. The Hall–Kier alpha value is -1.07. The molecule has 0 aliphatic heterocycles. The van der Waals surface area contributed by atoms with Gasteiger partial charge in [0.05, 0.1) is 5.60 Å². The molecule has 0 spiro atoms. The van der Waals surface area contributed by atoms with Crippen LogP contribution in [0.3, 0.4) is 0 Å². The molecule has 1 aromatic carbocycles. The Morgan fingerprint density at radius 1 is 1.15 bits per heavy atom. The zero-order chi connectivity index (χ0) is 14.8. The van der Waals surface area contributed by atoms with Crippen LogP contribution in [0, 0.1) is 23.4 Å². The quantitative estimate of drug-likeness (QED) is 0.834. The first-order chi connectivity index (χ1) is 9.39. The van der Waals surface area contributed by atoms with E-state index in [1.165, 1.54) is 0 Å². The van der Waals surface area contributed by atoms with E-state index in [-0.39, 0.29) is 12.1 Å². The highest BCUT2D eigenvalue weighted by Gasteiger charge is 2.31. The number of nitrogens with one attached hydrogen (secondary N) is 1. The Balaban J connectivity index is 1.88. The van der Waals surface area contributed by atoms with E-state index >= 15 is 0 Å². The molecule has 0 atom stereocenters. The first-order valence-electron chi connectivity index (χ1n) is 6.96. The number of hydrogen-bond acceptors (Lipinski definition) is 2. The van der Waals surface area contributed by atoms with E-state index in [9.17, 15) is 18.3 Å². The van der Waals surface area contributed by atoms with Gasteiger partial charge in [0.1, 0.15) is 5.82 Å². The van der Waals surface area contributed by atoms with Gasteiger partial charge in [-0.3, -0.25) is 0 Å². The van der Waals surface area contributed by atoms with Gasteiger partial charge in [0.15, 0.2) is 11.6 Å². The van der Waals surface area contributed by atoms with Gasteiger partial charge in [-0.25, -0.2) is 13.2 Å². The van der Waals surface area contributed by atoms with Crippen molar-refractivity contribution in [2.24, 2.45) is 5.92 Å². The maximum absolute atomic E-state index is 13.4. The second-order valence-electron chi connectivity index (χ2n) is 5.87. The highest BCUT2D eigenvalue weighted by atomic mass is 19.2. The van der Waals surface area contributed by atoms with Crippen LogP contribution in [-0.4, -0.2) is 17.3 Å². The van der Waals surface area contributed by atoms with Gasteiger partial charge >= 0.3 is 0 Å². The summed E-state index contributed by atoms with van der Waals surface area (Å²) >= 11 is 0. The van der Waals surface area contributed by atoms with E-state index < -0.39 is 23.1 Å². The maximum Gasteiger partial charge on any atom is 0.161 e. The van der Waals surface area contributed by atoms with E-state index in [1.807, 2.05) is 0 Å². The van der Waals surface area contributed by atoms with E-state index in [0.717, 1.165) is 18.9 Å². The average molecular weight is 287 g/mol. The zero-order valence-corrected chi connectivity index (χ0v) is 11.6. The van der Waals surface area contributed by atoms with Crippen LogP contribution in [0.2, 0.25) is 0 Å². The molecule has 5 heteroatoms.